The monoisotopic (exact) mass is 183 g/mol. The molecule has 0 spiro atoms. The second kappa shape index (κ2) is 16.6. The maximum Gasteiger partial charge on any atom is 0.234 e. The maximum absolute atomic E-state index is 9.52. The van der Waals surface area contributed by atoms with Gasteiger partial charge in [0.1, 0.15) is 0 Å². The molecule has 0 saturated carbocycles. The molecule has 1 N–H and O–H groups in total. The first kappa shape index (κ1) is 13.7. The van der Waals surface area contributed by atoms with Crippen LogP contribution in [0, 0.1) is 5.41 Å². The van der Waals surface area contributed by atoms with Crippen molar-refractivity contribution in [3.05, 3.63) is 0 Å². The number of nitrogens with zero attached hydrogens (tertiary/aromatic N) is 2. The van der Waals surface area contributed by atoms with Gasteiger partial charge in [-0.1, -0.05) is 0 Å². The number of rotatable bonds is 5. The van der Waals surface area contributed by atoms with Gasteiger partial charge in [-0.05, 0) is 12.8 Å². The Kier molecular flexibility index (Phi) is 17.5. The lowest BCUT2D eigenvalue weighted by atomic mass is 10.3. The molecule has 0 radical (unpaired) electrons. The molecule has 6 nitrogen and oxygen atoms in total. The number of carbonyl (C=O) groups excluding carboxylic acids is 3. The van der Waals surface area contributed by atoms with Crippen molar-refractivity contribution in [1.82, 2.24) is 0 Å². The fourth-order valence-corrected chi connectivity index (χ4v) is 0.473. The lowest BCUT2D eigenvalue weighted by Gasteiger charge is -1.87. The van der Waals surface area contributed by atoms with Crippen LogP contribution in [-0.4, -0.2) is 31.3 Å². The van der Waals surface area contributed by atoms with Crippen molar-refractivity contribution < 1.29 is 14.4 Å². The lowest BCUT2D eigenvalue weighted by Crippen LogP contribution is -1.84. The molecule has 6 heteroatoms. The minimum atomic E-state index is 0.470. The molecular formula is C7H9N3O3. The molecule has 0 aromatic heterocycles. The molecule has 0 atom stereocenters. The molecule has 0 heterocycles. The molecular weight excluding hydrogens is 174 g/mol. The molecule has 0 aromatic rings. The van der Waals surface area contributed by atoms with Crippen molar-refractivity contribution in [2.24, 2.45) is 9.98 Å². The molecule has 0 rings (SSSR count). The quantitative estimate of drug-likeness (QED) is 0.377. The first-order valence-corrected chi connectivity index (χ1v) is 3.44. The predicted octanol–water partition coefficient (Wildman–Crippen LogP) is 0.339. The predicted molar refractivity (Wildman–Crippen MR) is 43.6 cm³/mol. The highest BCUT2D eigenvalue weighted by molar-refractivity contribution is 5.33. The number of hydrogen-bond acceptors (Lipinski definition) is 6. The summed E-state index contributed by atoms with van der Waals surface area (Å²) in [5, 5.41) is 5.40. The SMILES string of the molecule is N=C=O.O=C=NCCCCN=C=O. The molecule has 0 fully saturated rings. The Hall–Kier alpha value is -1.86. The van der Waals surface area contributed by atoms with Gasteiger partial charge in [-0.3, -0.25) is 0 Å². The smallest absolute Gasteiger partial charge is 0.222 e. The molecule has 0 bridgehead atoms. The van der Waals surface area contributed by atoms with E-state index >= 15 is 0 Å². The third-order valence-corrected chi connectivity index (χ3v) is 0.919. The van der Waals surface area contributed by atoms with Crippen molar-refractivity contribution in [1.29, 1.82) is 5.41 Å². The molecule has 0 saturated heterocycles. The van der Waals surface area contributed by atoms with Gasteiger partial charge >= 0.3 is 0 Å². The van der Waals surface area contributed by atoms with Gasteiger partial charge in [0.15, 0.2) is 0 Å². The Morgan fingerprint density at radius 2 is 1.23 bits per heavy atom. The highest BCUT2D eigenvalue weighted by Gasteiger charge is 1.83. The number of aliphatic imine (C=N–C) groups is 2. The van der Waals surface area contributed by atoms with Crippen LogP contribution in [0.3, 0.4) is 0 Å². The van der Waals surface area contributed by atoms with Gasteiger partial charge in [0.25, 0.3) is 0 Å². The van der Waals surface area contributed by atoms with Crippen LogP contribution in [0.1, 0.15) is 12.8 Å². The van der Waals surface area contributed by atoms with E-state index in [2.05, 4.69) is 9.98 Å². The van der Waals surface area contributed by atoms with Gasteiger partial charge in [0, 0.05) is 0 Å². The third-order valence-electron chi connectivity index (χ3n) is 0.919. The van der Waals surface area contributed by atoms with Gasteiger partial charge in [-0.2, -0.15) is 0 Å². The lowest BCUT2D eigenvalue weighted by molar-refractivity contribution is 0.559. The van der Waals surface area contributed by atoms with Crippen LogP contribution in [0.2, 0.25) is 0 Å². The summed E-state index contributed by atoms with van der Waals surface area (Å²) in [6.07, 6.45) is 5.13. The topological polar surface area (TPSA) is 99.8 Å². The van der Waals surface area contributed by atoms with Crippen LogP contribution >= 0.6 is 0 Å². The molecule has 0 aliphatic heterocycles. The first-order valence-electron chi connectivity index (χ1n) is 3.44. The Morgan fingerprint density at radius 3 is 1.46 bits per heavy atom. The van der Waals surface area contributed by atoms with E-state index in [1.54, 1.807) is 0 Å². The Labute approximate surface area is 74.9 Å². The van der Waals surface area contributed by atoms with Crippen molar-refractivity contribution in [2.45, 2.75) is 12.8 Å². The van der Waals surface area contributed by atoms with Crippen LogP contribution in [0.25, 0.3) is 0 Å². The van der Waals surface area contributed by atoms with Gasteiger partial charge in [-0.25, -0.2) is 29.8 Å². The van der Waals surface area contributed by atoms with Gasteiger partial charge < -0.3 is 0 Å². The molecule has 0 aromatic carbocycles. The van der Waals surface area contributed by atoms with Crippen molar-refractivity contribution in [3.8, 4) is 0 Å². The number of nitrogens with one attached hydrogen (secondary N) is 1. The molecule has 0 unspecified atom stereocenters. The second-order valence-corrected chi connectivity index (χ2v) is 1.76. The molecule has 0 amide bonds. The zero-order chi connectivity index (χ0) is 10.4. The highest BCUT2D eigenvalue weighted by atomic mass is 16.1. The number of hydrogen-bond donors (Lipinski definition) is 1. The van der Waals surface area contributed by atoms with Crippen LogP contribution in [0.15, 0.2) is 9.98 Å². The van der Waals surface area contributed by atoms with E-state index in [1.807, 2.05) is 0 Å². The summed E-state index contributed by atoms with van der Waals surface area (Å²) in [6, 6.07) is 0. The van der Waals surface area contributed by atoms with E-state index in [0.29, 0.717) is 13.1 Å². The summed E-state index contributed by atoms with van der Waals surface area (Å²) in [5.74, 6) is 0. The van der Waals surface area contributed by atoms with Crippen molar-refractivity contribution in [3.63, 3.8) is 0 Å². The van der Waals surface area contributed by atoms with Crippen LogP contribution in [0.4, 0.5) is 0 Å². The Morgan fingerprint density at radius 1 is 0.923 bits per heavy atom. The summed E-state index contributed by atoms with van der Waals surface area (Å²) in [7, 11) is 0. The zero-order valence-corrected chi connectivity index (χ0v) is 6.95. The summed E-state index contributed by atoms with van der Waals surface area (Å²) in [6.45, 7) is 0.940. The van der Waals surface area contributed by atoms with E-state index in [9.17, 15) is 9.59 Å². The average molecular weight is 183 g/mol. The summed E-state index contributed by atoms with van der Waals surface area (Å²) in [5.41, 5.74) is 0. The molecule has 0 aliphatic carbocycles. The Balaban J connectivity index is 0. The average Bonchev–Trinajstić information content (AvgIpc) is 2.13. The van der Waals surface area contributed by atoms with Crippen molar-refractivity contribution >= 4 is 18.2 Å². The number of unbranched alkanes of at least 4 members (excludes halogenated alkanes) is 1. The summed E-state index contributed by atoms with van der Waals surface area (Å²) >= 11 is 0. The standard InChI is InChI=1S/C6H8N2O2.CHNO/c9-5-7-3-1-2-4-8-6-10;2-1-3/h1-4H2;2H. The maximum atomic E-state index is 9.52. The summed E-state index contributed by atoms with van der Waals surface area (Å²) in [4.78, 5) is 34.0. The van der Waals surface area contributed by atoms with E-state index in [1.165, 1.54) is 12.2 Å². The summed E-state index contributed by atoms with van der Waals surface area (Å²) < 4.78 is 0. The third kappa shape index (κ3) is 25.4. The minimum Gasteiger partial charge on any atom is -0.222 e. The van der Waals surface area contributed by atoms with Gasteiger partial charge in [0.05, 0.1) is 13.1 Å². The number of isocyanates is 3. The first-order chi connectivity index (χ1) is 6.33. The largest absolute Gasteiger partial charge is 0.234 e. The highest BCUT2D eigenvalue weighted by Crippen LogP contribution is 1.88. The zero-order valence-electron chi connectivity index (χ0n) is 6.95. The van der Waals surface area contributed by atoms with E-state index in [0.717, 1.165) is 18.9 Å². The van der Waals surface area contributed by atoms with Crippen LogP contribution in [-0.2, 0) is 14.4 Å². The molecule has 70 valence electrons. The van der Waals surface area contributed by atoms with Crippen molar-refractivity contribution in [2.75, 3.05) is 13.1 Å². The van der Waals surface area contributed by atoms with Gasteiger partial charge in [0.2, 0.25) is 18.2 Å². The molecule has 0 aliphatic rings. The fourth-order valence-electron chi connectivity index (χ4n) is 0.473. The van der Waals surface area contributed by atoms with E-state index in [-0.39, 0.29) is 0 Å². The molecule has 13 heavy (non-hydrogen) atoms. The fraction of sp³-hybridized carbons (Fsp3) is 0.571. The second-order valence-electron chi connectivity index (χ2n) is 1.76. The Bertz CT molecular complexity index is 213. The normalized spacial score (nSPS) is 6.46. The van der Waals surface area contributed by atoms with Crippen LogP contribution < -0.4 is 0 Å². The minimum absolute atomic E-state index is 0.470. The van der Waals surface area contributed by atoms with E-state index in [4.69, 9.17) is 10.2 Å². The van der Waals surface area contributed by atoms with E-state index < -0.39 is 0 Å². The van der Waals surface area contributed by atoms with Crippen LogP contribution in [0.5, 0.6) is 0 Å². The van der Waals surface area contributed by atoms with Gasteiger partial charge in [-0.15, -0.1) is 0 Å².